The Morgan fingerprint density at radius 2 is 1.00 bits per heavy atom. The second-order valence-corrected chi connectivity index (χ2v) is 6.44. The molecule has 26 heavy (non-hydrogen) atoms. The number of hydrogen-bond donors (Lipinski definition) is 0. The van der Waals surface area contributed by atoms with Gasteiger partial charge in [0.1, 0.15) is 11.6 Å². The molecule has 0 heterocycles. The Morgan fingerprint density at radius 1 is 0.462 bits per heavy atom. The van der Waals surface area contributed by atoms with E-state index in [4.69, 9.17) is 0 Å². The van der Waals surface area contributed by atoms with Crippen molar-refractivity contribution in [2.24, 2.45) is 0 Å². The zero-order chi connectivity index (χ0) is 17.7. The molecule has 0 amide bonds. The maximum Gasteiger partial charge on any atom is 0.131 e. The number of benzene rings is 5. The molecular formula is C24H14F2. The second-order valence-electron chi connectivity index (χ2n) is 6.44. The van der Waals surface area contributed by atoms with Crippen LogP contribution in [-0.2, 0) is 0 Å². The lowest BCUT2D eigenvalue weighted by atomic mass is 9.89. The van der Waals surface area contributed by atoms with Crippen LogP contribution in [0, 0.1) is 11.6 Å². The van der Waals surface area contributed by atoms with Gasteiger partial charge in [0.25, 0.3) is 0 Å². The Hall–Kier alpha value is -3.26. The molecule has 0 saturated heterocycles. The van der Waals surface area contributed by atoms with Crippen LogP contribution < -0.4 is 0 Å². The summed E-state index contributed by atoms with van der Waals surface area (Å²) in [7, 11) is 0. The molecule has 5 rings (SSSR count). The van der Waals surface area contributed by atoms with Gasteiger partial charge in [-0.3, -0.25) is 0 Å². The maximum atomic E-state index is 14.9. The lowest BCUT2D eigenvalue weighted by molar-refractivity contribution is 0.628. The molecule has 0 unspecified atom stereocenters. The first-order chi connectivity index (χ1) is 12.7. The summed E-state index contributed by atoms with van der Waals surface area (Å²) in [6, 6.07) is 25.6. The summed E-state index contributed by atoms with van der Waals surface area (Å²) < 4.78 is 28.3. The molecule has 124 valence electrons. The molecule has 0 spiro atoms. The zero-order valence-corrected chi connectivity index (χ0v) is 13.8. The summed E-state index contributed by atoms with van der Waals surface area (Å²) in [5.41, 5.74) is 1.78. The highest BCUT2D eigenvalue weighted by atomic mass is 19.1. The van der Waals surface area contributed by atoms with Crippen molar-refractivity contribution in [1.82, 2.24) is 0 Å². The molecule has 0 bridgehead atoms. The third kappa shape index (κ3) is 2.12. The van der Waals surface area contributed by atoms with Crippen molar-refractivity contribution in [3.8, 4) is 11.1 Å². The lowest BCUT2D eigenvalue weighted by Gasteiger charge is -2.15. The molecule has 5 aromatic rings. The van der Waals surface area contributed by atoms with Crippen LogP contribution in [0.3, 0.4) is 0 Å². The largest absolute Gasteiger partial charge is 0.207 e. The van der Waals surface area contributed by atoms with Crippen LogP contribution in [0.5, 0.6) is 0 Å². The van der Waals surface area contributed by atoms with Crippen LogP contribution in [0.4, 0.5) is 8.78 Å². The van der Waals surface area contributed by atoms with Crippen LogP contribution in [0.2, 0.25) is 0 Å². The van der Waals surface area contributed by atoms with Crippen LogP contribution in [0.25, 0.3) is 43.4 Å². The summed E-state index contributed by atoms with van der Waals surface area (Å²) in [6.45, 7) is 0. The van der Waals surface area contributed by atoms with Crippen molar-refractivity contribution in [1.29, 1.82) is 0 Å². The molecule has 0 aliphatic carbocycles. The van der Waals surface area contributed by atoms with Gasteiger partial charge in [-0.1, -0.05) is 66.7 Å². The Kier molecular flexibility index (Phi) is 3.26. The molecule has 0 atom stereocenters. The van der Waals surface area contributed by atoms with E-state index in [2.05, 4.69) is 6.07 Å². The Labute approximate surface area is 149 Å². The monoisotopic (exact) mass is 340 g/mol. The van der Waals surface area contributed by atoms with E-state index in [-0.39, 0.29) is 11.6 Å². The predicted octanol–water partition coefficient (Wildman–Crippen LogP) is 7.09. The fraction of sp³-hybridized carbons (Fsp3) is 0. The minimum absolute atomic E-state index is 0.243. The first-order valence-electron chi connectivity index (χ1n) is 8.51. The molecule has 0 fully saturated rings. The molecule has 0 aromatic heterocycles. The van der Waals surface area contributed by atoms with Gasteiger partial charge in [-0.25, -0.2) is 8.78 Å². The highest BCUT2D eigenvalue weighted by Crippen LogP contribution is 2.41. The molecular weight excluding hydrogens is 326 g/mol. The Bertz CT molecular complexity index is 1280. The van der Waals surface area contributed by atoms with Crippen LogP contribution in [-0.4, -0.2) is 0 Å². The fourth-order valence-electron chi connectivity index (χ4n) is 3.86. The standard InChI is InChI=1S/C24H14F2/c25-16-11-9-15(10-12-16)17-13-14-22(26)24-21-8-4-2-6-19(21)18-5-1-3-7-20(18)23(17)24/h1-14H. The van der Waals surface area contributed by atoms with Crippen molar-refractivity contribution >= 4 is 32.3 Å². The summed E-state index contributed by atoms with van der Waals surface area (Å²) in [4.78, 5) is 0. The molecule has 0 radical (unpaired) electrons. The molecule has 0 N–H and O–H groups in total. The third-order valence-electron chi connectivity index (χ3n) is 4.99. The van der Waals surface area contributed by atoms with Crippen LogP contribution >= 0.6 is 0 Å². The van der Waals surface area contributed by atoms with E-state index in [1.165, 1.54) is 18.2 Å². The van der Waals surface area contributed by atoms with Gasteiger partial charge >= 0.3 is 0 Å². The normalized spacial score (nSPS) is 11.5. The molecule has 0 saturated carbocycles. The van der Waals surface area contributed by atoms with Gasteiger partial charge in [-0.15, -0.1) is 0 Å². The lowest BCUT2D eigenvalue weighted by Crippen LogP contribution is -1.90. The number of rotatable bonds is 1. The Balaban J connectivity index is 2.07. The number of fused-ring (bicyclic) bond motifs is 6. The molecule has 0 nitrogen and oxygen atoms in total. The van der Waals surface area contributed by atoms with Crippen molar-refractivity contribution in [3.63, 3.8) is 0 Å². The zero-order valence-electron chi connectivity index (χ0n) is 13.8. The smallest absolute Gasteiger partial charge is 0.131 e. The summed E-state index contributed by atoms with van der Waals surface area (Å²) in [5.74, 6) is -0.525. The average Bonchev–Trinajstić information content (AvgIpc) is 2.69. The van der Waals surface area contributed by atoms with Crippen molar-refractivity contribution in [2.75, 3.05) is 0 Å². The van der Waals surface area contributed by atoms with Crippen LogP contribution in [0.15, 0.2) is 84.9 Å². The van der Waals surface area contributed by atoms with Gasteiger partial charge in [-0.05, 0) is 50.9 Å². The minimum Gasteiger partial charge on any atom is -0.207 e. The van der Waals surface area contributed by atoms with E-state index in [1.807, 2.05) is 42.5 Å². The van der Waals surface area contributed by atoms with Gasteiger partial charge in [0.05, 0.1) is 0 Å². The van der Waals surface area contributed by atoms with Gasteiger partial charge in [0, 0.05) is 10.8 Å². The maximum absolute atomic E-state index is 14.9. The molecule has 0 aliphatic rings. The first kappa shape index (κ1) is 15.0. The molecule has 0 aliphatic heterocycles. The van der Waals surface area contributed by atoms with Crippen molar-refractivity contribution in [3.05, 3.63) is 96.6 Å². The van der Waals surface area contributed by atoms with E-state index in [1.54, 1.807) is 18.2 Å². The van der Waals surface area contributed by atoms with Gasteiger partial charge in [0.15, 0.2) is 0 Å². The van der Waals surface area contributed by atoms with E-state index >= 15 is 0 Å². The quantitative estimate of drug-likeness (QED) is 0.286. The van der Waals surface area contributed by atoms with Gasteiger partial charge in [-0.2, -0.15) is 0 Å². The highest BCUT2D eigenvalue weighted by molar-refractivity contribution is 6.28. The minimum atomic E-state index is -0.282. The summed E-state index contributed by atoms with van der Waals surface area (Å²) in [6.07, 6.45) is 0. The second kappa shape index (κ2) is 5.63. The molecule has 2 heteroatoms. The number of halogens is 2. The highest BCUT2D eigenvalue weighted by Gasteiger charge is 2.15. The topological polar surface area (TPSA) is 0 Å². The summed E-state index contributed by atoms with van der Waals surface area (Å²) in [5, 5.41) is 5.49. The van der Waals surface area contributed by atoms with E-state index in [9.17, 15) is 8.78 Å². The third-order valence-corrected chi connectivity index (χ3v) is 4.99. The Morgan fingerprint density at radius 3 is 1.62 bits per heavy atom. The van der Waals surface area contributed by atoms with Gasteiger partial charge in [0.2, 0.25) is 0 Å². The SMILES string of the molecule is Fc1ccc(-c2ccc(F)c3c4ccccc4c4ccccc4c23)cc1. The van der Waals surface area contributed by atoms with Crippen molar-refractivity contribution < 1.29 is 8.78 Å². The van der Waals surface area contributed by atoms with E-state index < -0.39 is 0 Å². The first-order valence-corrected chi connectivity index (χ1v) is 8.51. The fourth-order valence-corrected chi connectivity index (χ4v) is 3.86. The average molecular weight is 340 g/mol. The van der Waals surface area contributed by atoms with Gasteiger partial charge < -0.3 is 0 Å². The number of hydrogen-bond acceptors (Lipinski definition) is 0. The molecule has 5 aromatic carbocycles. The predicted molar refractivity (Wildman–Crippen MR) is 104 cm³/mol. The van der Waals surface area contributed by atoms with Crippen LogP contribution in [0.1, 0.15) is 0 Å². The summed E-state index contributed by atoms with van der Waals surface area (Å²) >= 11 is 0. The van der Waals surface area contributed by atoms with E-state index in [0.29, 0.717) is 5.39 Å². The van der Waals surface area contributed by atoms with E-state index in [0.717, 1.165) is 38.1 Å². The van der Waals surface area contributed by atoms with Crippen molar-refractivity contribution in [2.45, 2.75) is 0 Å².